The molecule has 25 heavy (non-hydrogen) atoms. The molecular formula is C22H30N2O. The molecule has 0 spiro atoms. The minimum absolute atomic E-state index is 0.278. The average Bonchev–Trinajstić information content (AvgIpc) is 3.03. The summed E-state index contributed by atoms with van der Waals surface area (Å²) in [5.74, 6) is 0. The van der Waals surface area contributed by atoms with E-state index in [1.807, 2.05) is 6.07 Å². The minimum atomic E-state index is 0.278. The van der Waals surface area contributed by atoms with Gasteiger partial charge in [0.25, 0.3) is 0 Å². The number of ether oxygens (including phenoxy) is 1. The third kappa shape index (κ3) is 4.91. The minimum Gasteiger partial charge on any atom is -0.377 e. The molecule has 134 valence electrons. The van der Waals surface area contributed by atoms with Crippen molar-refractivity contribution in [3.63, 3.8) is 0 Å². The van der Waals surface area contributed by atoms with Crippen molar-refractivity contribution in [1.29, 1.82) is 0 Å². The highest BCUT2D eigenvalue weighted by atomic mass is 16.5. The molecular weight excluding hydrogens is 308 g/mol. The molecule has 3 nitrogen and oxygen atoms in total. The van der Waals surface area contributed by atoms with Crippen LogP contribution in [0.15, 0.2) is 60.7 Å². The highest BCUT2D eigenvalue weighted by Gasteiger charge is 2.34. The first kappa shape index (κ1) is 18.1. The Morgan fingerprint density at radius 1 is 1.08 bits per heavy atom. The van der Waals surface area contributed by atoms with Crippen molar-refractivity contribution in [2.45, 2.75) is 50.9 Å². The van der Waals surface area contributed by atoms with Crippen molar-refractivity contribution in [1.82, 2.24) is 4.90 Å². The Balaban J connectivity index is 1.46. The maximum Gasteiger partial charge on any atom is 0.0716 e. The van der Waals surface area contributed by atoms with E-state index in [-0.39, 0.29) is 6.04 Å². The Kier molecular flexibility index (Phi) is 6.62. The molecule has 0 aliphatic carbocycles. The monoisotopic (exact) mass is 338 g/mol. The number of hydrogen-bond donors (Lipinski definition) is 1. The zero-order valence-corrected chi connectivity index (χ0v) is 15.2. The maximum absolute atomic E-state index is 6.41. The molecule has 0 amide bonds. The van der Waals surface area contributed by atoms with E-state index in [1.54, 1.807) is 0 Å². The zero-order chi connectivity index (χ0) is 17.5. The first-order valence-electron chi connectivity index (χ1n) is 9.43. The highest BCUT2D eigenvalue weighted by Crippen LogP contribution is 2.30. The van der Waals surface area contributed by atoms with Crippen molar-refractivity contribution >= 4 is 0 Å². The number of benzene rings is 2. The molecule has 0 aromatic heterocycles. The van der Waals surface area contributed by atoms with Crippen LogP contribution in [0.25, 0.3) is 0 Å². The van der Waals surface area contributed by atoms with E-state index in [9.17, 15) is 0 Å². The predicted octanol–water partition coefficient (Wildman–Crippen LogP) is 4.15. The van der Waals surface area contributed by atoms with Crippen LogP contribution in [-0.4, -0.2) is 30.1 Å². The first-order chi connectivity index (χ1) is 12.3. The van der Waals surface area contributed by atoms with Gasteiger partial charge in [0.2, 0.25) is 0 Å². The fourth-order valence-electron chi connectivity index (χ4n) is 3.84. The van der Waals surface area contributed by atoms with E-state index in [4.69, 9.17) is 10.5 Å². The lowest BCUT2D eigenvalue weighted by atomic mass is 10.0. The summed E-state index contributed by atoms with van der Waals surface area (Å²) in [6.07, 6.45) is 3.25. The van der Waals surface area contributed by atoms with E-state index in [0.717, 1.165) is 32.4 Å². The number of hydrogen-bond acceptors (Lipinski definition) is 3. The van der Waals surface area contributed by atoms with Gasteiger partial charge < -0.3 is 10.5 Å². The van der Waals surface area contributed by atoms with Crippen LogP contribution in [0, 0.1) is 0 Å². The van der Waals surface area contributed by atoms with Gasteiger partial charge in [0.15, 0.2) is 0 Å². The lowest BCUT2D eigenvalue weighted by Gasteiger charge is -2.32. The Morgan fingerprint density at radius 2 is 1.76 bits per heavy atom. The van der Waals surface area contributed by atoms with Crippen LogP contribution in [0.3, 0.4) is 0 Å². The smallest absolute Gasteiger partial charge is 0.0716 e. The summed E-state index contributed by atoms with van der Waals surface area (Å²) >= 11 is 0. The zero-order valence-electron chi connectivity index (χ0n) is 15.2. The van der Waals surface area contributed by atoms with E-state index >= 15 is 0 Å². The summed E-state index contributed by atoms with van der Waals surface area (Å²) in [5, 5.41) is 0. The molecule has 0 radical (unpaired) electrons. The lowest BCUT2D eigenvalue weighted by Crippen LogP contribution is -2.40. The van der Waals surface area contributed by atoms with E-state index in [1.165, 1.54) is 11.1 Å². The molecule has 1 heterocycles. The summed E-state index contributed by atoms with van der Waals surface area (Å²) in [4.78, 5) is 2.58. The Morgan fingerprint density at radius 3 is 2.48 bits per heavy atom. The molecule has 1 fully saturated rings. The standard InChI is InChI=1S/C22H30N2O/c1-18(20-11-6-3-7-12-20)24-15-14-21(23)22(24)13-8-16-25-17-19-9-4-2-5-10-19/h2-7,9-12,18,21-22H,8,13-17,23H2,1H3/t18-,21+,22-/m0/s1. The topological polar surface area (TPSA) is 38.5 Å². The maximum atomic E-state index is 6.41. The molecule has 0 unspecified atom stereocenters. The molecule has 2 N–H and O–H groups in total. The van der Waals surface area contributed by atoms with Gasteiger partial charge in [-0.15, -0.1) is 0 Å². The molecule has 1 saturated heterocycles. The quantitative estimate of drug-likeness (QED) is 0.735. The molecule has 3 heteroatoms. The summed E-state index contributed by atoms with van der Waals surface area (Å²) in [5.41, 5.74) is 9.02. The lowest BCUT2D eigenvalue weighted by molar-refractivity contribution is 0.104. The van der Waals surface area contributed by atoms with Crippen LogP contribution < -0.4 is 5.73 Å². The van der Waals surface area contributed by atoms with Crippen LogP contribution in [-0.2, 0) is 11.3 Å². The second-order valence-corrected chi connectivity index (χ2v) is 7.02. The molecule has 1 aliphatic heterocycles. The van der Waals surface area contributed by atoms with Crippen LogP contribution in [0.1, 0.15) is 43.4 Å². The third-order valence-electron chi connectivity index (χ3n) is 5.32. The second kappa shape index (κ2) is 9.14. The van der Waals surface area contributed by atoms with Gasteiger partial charge in [0.05, 0.1) is 6.61 Å². The number of nitrogens with two attached hydrogens (primary N) is 1. The Hall–Kier alpha value is -1.68. The summed E-state index contributed by atoms with van der Waals surface area (Å²) in [6.45, 7) is 4.88. The van der Waals surface area contributed by atoms with Gasteiger partial charge in [0, 0.05) is 31.3 Å². The van der Waals surface area contributed by atoms with Crippen molar-refractivity contribution in [2.24, 2.45) is 5.73 Å². The van der Waals surface area contributed by atoms with E-state index in [0.29, 0.717) is 18.7 Å². The predicted molar refractivity (Wildman–Crippen MR) is 103 cm³/mol. The summed E-state index contributed by atoms with van der Waals surface area (Å²) in [7, 11) is 0. The van der Waals surface area contributed by atoms with Gasteiger partial charge in [-0.25, -0.2) is 0 Å². The number of likely N-dealkylation sites (tertiary alicyclic amines) is 1. The molecule has 0 saturated carbocycles. The Bertz CT molecular complexity index is 616. The van der Waals surface area contributed by atoms with Crippen LogP contribution in [0.2, 0.25) is 0 Å². The molecule has 2 aromatic rings. The largest absolute Gasteiger partial charge is 0.377 e. The first-order valence-corrected chi connectivity index (χ1v) is 9.43. The van der Waals surface area contributed by atoms with Crippen molar-refractivity contribution in [3.8, 4) is 0 Å². The molecule has 2 aromatic carbocycles. The van der Waals surface area contributed by atoms with Gasteiger partial charge >= 0.3 is 0 Å². The van der Waals surface area contributed by atoms with Crippen molar-refractivity contribution in [2.75, 3.05) is 13.2 Å². The van der Waals surface area contributed by atoms with Crippen LogP contribution in [0.5, 0.6) is 0 Å². The van der Waals surface area contributed by atoms with Gasteiger partial charge in [-0.2, -0.15) is 0 Å². The van der Waals surface area contributed by atoms with Gasteiger partial charge in [-0.3, -0.25) is 4.90 Å². The molecule has 0 bridgehead atoms. The Labute approximate surface area is 151 Å². The van der Waals surface area contributed by atoms with Crippen molar-refractivity contribution < 1.29 is 4.74 Å². The molecule has 1 aliphatic rings. The van der Waals surface area contributed by atoms with E-state index in [2.05, 4.69) is 66.4 Å². The normalized spacial score (nSPS) is 22.2. The van der Waals surface area contributed by atoms with Crippen LogP contribution in [0.4, 0.5) is 0 Å². The second-order valence-electron chi connectivity index (χ2n) is 7.02. The molecule has 3 rings (SSSR count). The average molecular weight is 338 g/mol. The van der Waals surface area contributed by atoms with E-state index < -0.39 is 0 Å². The van der Waals surface area contributed by atoms with Crippen LogP contribution >= 0.6 is 0 Å². The fraction of sp³-hybridized carbons (Fsp3) is 0.455. The number of rotatable bonds is 8. The van der Waals surface area contributed by atoms with Gasteiger partial charge in [-0.05, 0) is 37.3 Å². The SMILES string of the molecule is C[C@@H](c1ccccc1)N1CC[C@@H](N)[C@@H]1CCCOCc1ccccc1. The summed E-state index contributed by atoms with van der Waals surface area (Å²) < 4.78 is 5.84. The fourth-order valence-corrected chi connectivity index (χ4v) is 3.84. The van der Waals surface area contributed by atoms with Gasteiger partial charge in [0.1, 0.15) is 0 Å². The summed E-state index contributed by atoms with van der Waals surface area (Å²) in [6, 6.07) is 22.3. The number of nitrogens with zero attached hydrogens (tertiary/aromatic N) is 1. The van der Waals surface area contributed by atoms with Crippen molar-refractivity contribution in [3.05, 3.63) is 71.8 Å². The van der Waals surface area contributed by atoms with Gasteiger partial charge in [-0.1, -0.05) is 60.7 Å². The molecule has 3 atom stereocenters. The third-order valence-corrected chi connectivity index (χ3v) is 5.32. The highest BCUT2D eigenvalue weighted by molar-refractivity contribution is 5.19.